The number of nitrogens with one attached hydrogen (secondary N) is 2. The number of ether oxygens (including phenoxy) is 1. The molecular weight excluding hydrogens is 401 g/mol. The van der Waals surface area contributed by atoms with Gasteiger partial charge in [-0.2, -0.15) is 0 Å². The molecule has 0 spiro atoms. The second-order valence-electron chi connectivity index (χ2n) is 9.38. The highest BCUT2D eigenvalue weighted by molar-refractivity contribution is 6.01. The Kier molecular flexibility index (Phi) is 6.27. The Hall–Kier alpha value is -2.48. The van der Waals surface area contributed by atoms with Crippen molar-refractivity contribution in [1.82, 2.24) is 10.2 Å². The van der Waals surface area contributed by atoms with Crippen molar-refractivity contribution in [3.63, 3.8) is 0 Å². The summed E-state index contributed by atoms with van der Waals surface area (Å²) < 4.78 is 20.0. The van der Waals surface area contributed by atoms with Gasteiger partial charge in [0.25, 0.3) is 0 Å². The van der Waals surface area contributed by atoms with Gasteiger partial charge in [-0.15, -0.1) is 0 Å². The van der Waals surface area contributed by atoms with E-state index in [1.165, 1.54) is 6.07 Å². The lowest BCUT2D eigenvalue weighted by molar-refractivity contribution is -0.156. The van der Waals surface area contributed by atoms with Gasteiger partial charge in [0.2, 0.25) is 11.8 Å². The number of rotatable bonds is 7. The van der Waals surface area contributed by atoms with Crippen LogP contribution in [0.3, 0.4) is 0 Å². The molecule has 2 saturated heterocycles. The number of carbonyl (C=O) groups excluding carboxylic acids is 3. The van der Waals surface area contributed by atoms with Gasteiger partial charge in [0.05, 0.1) is 12.5 Å². The third kappa shape index (κ3) is 4.89. The van der Waals surface area contributed by atoms with Crippen LogP contribution in [0.4, 0.5) is 10.1 Å². The van der Waals surface area contributed by atoms with Crippen LogP contribution in [0.25, 0.3) is 0 Å². The van der Waals surface area contributed by atoms with Crippen molar-refractivity contribution in [3.05, 3.63) is 29.6 Å². The number of halogens is 1. The lowest BCUT2D eigenvalue weighted by atomic mass is 9.76. The van der Waals surface area contributed by atoms with E-state index in [0.29, 0.717) is 36.2 Å². The topological polar surface area (TPSA) is 87.7 Å². The highest BCUT2D eigenvalue weighted by Gasteiger charge is 2.43. The number of hydrogen-bond acceptors (Lipinski definition) is 6. The van der Waals surface area contributed by atoms with Crippen molar-refractivity contribution in [3.8, 4) is 0 Å². The molecule has 31 heavy (non-hydrogen) atoms. The zero-order valence-corrected chi connectivity index (χ0v) is 18.0. The normalized spacial score (nSPS) is 26.8. The summed E-state index contributed by atoms with van der Waals surface area (Å²) in [4.78, 5) is 37.4. The number of hydrogen-bond donors (Lipinski definition) is 2. The maximum atomic E-state index is 14.7. The SMILES string of the molecule is CC(C)COC(=O)[C@H]1C[C@@H](N2CC(c3ccc(NC4CCC(=O)NC4=O)cc3F)C2)C1. The van der Waals surface area contributed by atoms with Gasteiger partial charge in [-0.05, 0) is 42.9 Å². The number of imide groups is 1. The van der Waals surface area contributed by atoms with Crippen molar-refractivity contribution in [2.24, 2.45) is 11.8 Å². The van der Waals surface area contributed by atoms with Crippen molar-refractivity contribution < 1.29 is 23.5 Å². The van der Waals surface area contributed by atoms with Crippen LogP contribution in [-0.2, 0) is 19.1 Å². The molecule has 1 aliphatic carbocycles. The van der Waals surface area contributed by atoms with Crippen LogP contribution in [-0.4, -0.2) is 54.5 Å². The van der Waals surface area contributed by atoms with E-state index in [1.54, 1.807) is 12.1 Å². The quantitative estimate of drug-likeness (QED) is 0.509. The Morgan fingerprint density at radius 3 is 2.68 bits per heavy atom. The van der Waals surface area contributed by atoms with Crippen LogP contribution >= 0.6 is 0 Å². The minimum Gasteiger partial charge on any atom is -0.465 e. The van der Waals surface area contributed by atoms with Crippen LogP contribution in [0.2, 0.25) is 0 Å². The third-order valence-corrected chi connectivity index (χ3v) is 6.45. The summed E-state index contributed by atoms with van der Waals surface area (Å²) in [5.41, 5.74) is 1.21. The molecule has 1 atom stereocenters. The number of carbonyl (C=O) groups is 3. The minimum absolute atomic E-state index is 0.00262. The monoisotopic (exact) mass is 431 g/mol. The number of esters is 1. The molecule has 168 valence electrons. The van der Waals surface area contributed by atoms with Crippen molar-refractivity contribution >= 4 is 23.5 Å². The molecule has 0 aromatic heterocycles. The largest absolute Gasteiger partial charge is 0.465 e. The molecule has 1 saturated carbocycles. The first-order valence-electron chi connectivity index (χ1n) is 11.1. The fraction of sp³-hybridized carbons (Fsp3) is 0.609. The van der Waals surface area contributed by atoms with Crippen LogP contribution in [0.15, 0.2) is 18.2 Å². The molecule has 2 aliphatic heterocycles. The van der Waals surface area contributed by atoms with Crippen LogP contribution < -0.4 is 10.6 Å². The average Bonchev–Trinajstić information content (AvgIpc) is 2.64. The van der Waals surface area contributed by atoms with E-state index in [0.717, 1.165) is 25.9 Å². The van der Waals surface area contributed by atoms with Gasteiger partial charge in [-0.3, -0.25) is 24.6 Å². The number of nitrogens with zero attached hydrogens (tertiary/aromatic N) is 1. The molecule has 0 radical (unpaired) electrons. The number of likely N-dealkylation sites (tertiary alicyclic amines) is 1. The molecule has 0 bridgehead atoms. The first kappa shape index (κ1) is 21.7. The van der Waals surface area contributed by atoms with Gasteiger partial charge in [-0.1, -0.05) is 19.9 Å². The first-order valence-corrected chi connectivity index (χ1v) is 11.1. The van der Waals surface area contributed by atoms with E-state index in [-0.39, 0.29) is 41.9 Å². The standard InChI is InChI=1S/C23H30FN3O4/c1-13(2)12-31-23(30)14-7-17(8-14)27-10-15(11-27)18-4-3-16(9-19(18)24)25-20-5-6-21(28)26-22(20)29/h3-4,9,13-15,17,20,25H,5-8,10-12H2,1-2H3,(H,26,28,29)/t14-,17+,20?. The average molecular weight is 432 g/mol. The van der Waals surface area contributed by atoms with Crippen molar-refractivity contribution in [1.29, 1.82) is 0 Å². The molecule has 1 aromatic rings. The van der Waals surface area contributed by atoms with Gasteiger partial charge in [0.1, 0.15) is 11.9 Å². The maximum absolute atomic E-state index is 14.7. The molecule has 4 rings (SSSR count). The fourth-order valence-electron chi connectivity index (χ4n) is 4.43. The predicted molar refractivity (Wildman–Crippen MR) is 113 cm³/mol. The van der Waals surface area contributed by atoms with Crippen molar-refractivity contribution in [2.75, 3.05) is 25.0 Å². The van der Waals surface area contributed by atoms with E-state index in [4.69, 9.17) is 4.74 Å². The molecule has 8 heteroatoms. The first-order chi connectivity index (χ1) is 14.8. The van der Waals surface area contributed by atoms with E-state index in [9.17, 15) is 18.8 Å². The number of benzene rings is 1. The number of anilines is 1. The van der Waals surface area contributed by atoms with Crippen molar-refractivity contribution in [2.45, 2.75) is 57.5 Å². The molecule has 1 aromatic carbocycles. The molecule has 2 heterocycles. The summed E-state index contributed by atoms with van der Waals surface area (Å²) in [6.07, 6.45) is 2.32. The summed E-state index contributed by atoms with van der Waals surface area (Å²) in [6, 6.07) is 4.84. The predicted octanol–water partition coefficient (Wildman–Crippen LogP) is 2.42. The highest BCUT2D eigenvalue weighted by Crippen LogP contribution is 2.40. The Labute approximate surface area is 181 Å². The molecule has 3 aliphatic rings. The van der Waals surface area contributed by atoms with E-state index in [2.05, 4.69) is 15.5 Å². The molecule has 1 unspecified atom stereocenters. The van der Waals surface area contributed by atoms with E-state index in [1.807, 2.05) is 13.8 Å². The summed E-state index contributed by atoms with van der Waals surface area (Å²) in [5.74, 6) is -0.547. The molecule has 3 fully saturated rings. The minimum atomic E-state index is -0.527. The summed E-state index contributed by atoms with van der Waals surface area (Å²) in [5, 5.41) is 5.31. The van der Waals surface area contributed by atoms with Gasteiger partial charge in [-0.25, -0.2) is 4.39 Å². The Morgan fingerprint density at radius 2 is 2.03 bits per heavy atom. The highest BCUT2D eigenvalue weighted by atomic mass is 19.1. The summed E-state index contributed by atoms with van der Waals surface area (Å²) in [6.45, 7) is 6.09. The van der Waals surface area contributed by atoms with Crippen LogP contribution in [0.5, 0.6) is 0 Å². The second kappa shape index (κ2) is 8.94. The lowest BCUT2D eigenvalue weighted by Gasteiger charge is -2.50. The summed E-state index contributed by atoms with van der Waals surface area (Å²) in [7, 11) is 0. The lowest BCUT2D eigenvalue weighted by Crippen LogP contribution is -2.56. The van der Waals surface area contributed by atoms with Gasteiger partial charge < -0.3 is 10.1 Å². The molecule has 2 amide bonds. The third-order valence-electron chi connectivity index (χ3n) is 6.45. The zero-order chi connectivity index (χ0) is 22.1. The van der Waals surface area contributed by atoms with E-state index < -0.39 is 6.04 Å². The maximum Gasteiger partial charge on any atom is 0.309 e. The zero-order valence-electron chi connectivity index (χ0n) is 18.0. The Balaban J connectivity index is 1.24. The fourth-order valence-corrected chi connectivity index (χ4v) is 4.43. The van der Waals surface area contributed by atoms with Crippen LogP contribution in [0.1, 0.15) is 51.0 Å². The van der Waals surface area contributed by atoms with Gasteiger partial charge in [0, 0.05) is 37.2 Å². The molecular formula is C23H30FN3O4. The van der Waals surface area contributed by atoms with E-state index >= 15 is 0 Å². The second-order valence-corrected chi connectivity index (χ2v) is 9.38. The number of piperidine rings is 1. The smallest absolute Gasteiger partial charge is 0.309 e. The summed E-state index contributed by atoms with van der Waals surface area (Å²) >= 11 is 0. The molecule has 7 nitrogen and oxygen atoms in total. The number of amides is 2. The van der Waals surface area contributed by atoms with Gasteiger partial charge in [0.15, 0.2) is 0 Å². The molecule has 2 N–H and O–H groups in total. The Bertz CT molecular complexity index is 862. The van der Waals surface area contributed by atoms with Gasteiger partial charge >= 0.3 is 5.97 Å². The Morgan fingerprint density at radius 1 is 1.29 bits per heavy atom. The van der Waals surface area contributed by atoms with Crippen LogP contribution in [0, 0.1) is 17.7 Å².